The lowest BCUT2D eigenvalue weighted by atomic mass is 9.68. The van der Waals surface area contributed by atoms with Gasteiger partial charge in [-0.25, -0.2) is 0 Å². The van der Waals surface area contributed by atoms with Crippen LogP contribution in [0.5, 0.6) is 0 Å². The minimum Gasteiger partial charge on any atom is -0.368 e. The molecule has 126 valence electrons. The van der Waals surface area contributed by atoms with E-state index in [-0.39, 0.29) is 11.4 Å². The molecule has 0 saturated heterocycles. The van der Waals surface area contributed by atoms with Crippen molar-refractivity contribution in [3.8, 4) is 17.2 Å². The number of nitriles is 1. The summed E-state index contributed by atoms with van der Waals surface area (Å²) in [4.78, 5) is 17.1. The molecule has 0 spiro atoms. The summed E-state index contributed by atoms with van der Waals surface area (Å²) in [7, 11) is 1.60. The molecule has 1 aliphatic rings. The number of pyridine rings is 1. The van der Waals surface area contributed by atoms with Gasteiger partial charge in [-0.1, -0.05) is 50.2 Å². The van der Waals surface area contributed by atoms with E-state index in [1.54, 1.807) is 19.4 Å². The minimum atomic E-state index is -0.922. The SMILES string of the molecule is COC1(c2ncccc2-c2ccccc2)C=C(C#N)C(=O)C(C)(C)C1. The number of allylic oxidation sites excluding steroid dienone is 1. The Balaban J connectivity index is 2.26. The normalized spacial score (nSPS) is 22.2. The highest BCUT2D eigenvalue weighted by molar-refractivity contribution is 6.04. The maximum Gasteiger partial charge on any atom is 0.178 e. The number of benzene rings is 1. The summed E-state index contributed by atoms with van der Waals surface area (Å²) in [5.41, 5.74) is 1.17. The van der Waals surface area contributed by atoms with Crippen LogP contribution >= 0.6 is 0 Å². The van der Waals surface area contributed by atoms with E-state index in [2.05, 4.69) is 4.98 Å². The second-order valence-corrected chi connectivity index (χ2v) is 6.92. The molecule has 0 fully saturated rings. The van der Waals surface area contributed by atoms with Crippen LogP contribution < -0.4 is 0 Å². The Morgan fingerprint density at radius 2 is 1.88 bits per heavy atom. The van der Waals surface area contributed by atoms with Crippen molar-refractivity contribution >= 4 is 5.78 Å². The number of rotatable bonds is 3. The van der Waals surface area contributed by atoms with Crippen molar-refractivity contribution in [2.45, 2.75) is 25.9 Å². The third-order valence-corrected chi connectivity index (χ3v) is 4.72. The standard InChI is InChI=1S/C21H20N2O2/c1-20(2)14-21(25-3,12-16(13-22)19(20)24)18-17(10-7-11-23-18)15-8-5-4-6-9-15/h4-12H,14H2,1-3H3. The third-order valence-electron chi connectivity index (χ3n) is 4.72. The Labute approximate surface area is 147 Å². The lowest BCUT2D eigenvalue weighted by molar-refractivity contribution is -0.128. The first-order valence-electron chi connectivity index (χ1n) is 8.17. The lowest BCUT2D eigenvalue weighted by Gasteiger charge is -2.40. The summed E-state index contributed by atoms with van der Waals surface area (Å²) in [5.74, 6) is -0.153. The highest BCUT2D eigenvalue weighted by Gasteiger charge is 2.48. The molecule has 4 heteroatoms. The number of ether oxygens (including phenoxy) is 1. The van der Waals surface area contributed by atoms with Gasteiger partial charge in [-0.15, -0.1) is 0 Å². The van der Waals surface area contributed by atoms with E-state index in [4.69, 9.17) is 4.74 Å². The fourth-order valence-corrected chi connectivity index (χ4v) is 3.51. The third kappa shape index (κ3) is 2.88. The topological polar surface area (TPSA) is 63.0 Å². The largest absolute Gasteiger partial charge is 0.368 e. The number of hydrogen-bond acceptors (Lipinski definition) is 4. The Kier molecular flexibility index (Phi) is 4.28. The Morgan fingerprint density at radius 1 is 1.16 bits per heavy atom. The molecule has 1 heterocycles. The Bertz CT molecular complexity index is 878. The maximum atomic E-state index is 12.5. The predicted octanol–water partition coefficient (Wildman–Crippen LogP) is 4.04. The molecule has 1 atom stereocenters. The summed E-state index contributed by atoms with van der Waals surface area (Å²) >= 11 is 0. The van der Waals surface area contributed by atoms with Gasteiger partial charge < -0.3 is 4.74 Å². The molecule has 0 N–H and O–H groups in total. The van der Waals surface area contributed by atoms with Gasteiger partial charge in [-0.3, -0.25) is 9.78 Å². The van der Waals surface area contributed by atoms with E-state index < -0.39 is 11.0 Å². The first-order valence-corrected chi connectivity index (χ1v) is 8.17. The van der Waals surface area contributed by atoms with Gasteiger partial charge in [0.1, 0.15) is 11.7 Å². The number of hydrogen-bond donors (Lipinski definition) is 0. The molecule has 4 nitrogen and oxygen atoms in total. The van der Waals surface area contributed by atoms with E-state index in [0.29, 0.717) is 6.42 Å². The first kappa shape index (κ1) is 17.1. The van der Waals surface area contributed by atoms with E-state index in [1.165, 1.54) is 0 Å². The van der Waals surface area contributed by atoms with Crippen LogP contribution in [0, 0.1) is 16.7 Å². The van der Waals surface area contributed by atoms with Gasteiger partial charge in [0.2, 0.25) is 0 Å². The molecular weight excluding hydrogens is 312 g/mol. The highest BCUT2D eigenvalue weighted by Crippen LogP contribution is 2.46. The van der Waals surface area contributed by atoms with Gasteiger partial charge in [0.15, 0.2) is 5.78 Å². The average Bonchev–Trinajstić information content (AvgIpc) is 2.64. The van der Waals surface area contributed by atoms with Crippen molar-refractivity contribution < 1.29 is 9.53 Å². The molecular formula is C21H20N2O2. The van der Waals surface area contributed by atoms with Crippen LogP contribution in [0.25, 0.3) is 11.1 Å². The number of nitrogens with zero attached hydrogens (tertiary/aromatic N) is 2. The molecule has 0 amide bonds. The van der Waals surface area contributed by atoms with E-state index >= 15 is 0 Å². The monoisotopic (exact) mass is 332 g/mol. The summed E-state index contributed by atoms with van der Waals surface area (Å²) in [6.07, 6.45) is 3.78. The van der Waals surface area contributed by atoms with Gasteiger partial charge in [0, 0.05) is 24.3 Å². The van der Waals surface area contributed by atoms with E-state index in [1.807, 2.05) is 62.4 Å². The molecule has 0 saturated carbocycles. The van der Waals surface area contributed by atoms with Crippen molar-refractivity contribution in [1.29, 1.82) is 5.26 Å². The minimum absolute atomic E-state index is 0.128. The summed E-state index contributed by atoms with van der Waals surface area (Å²) in [5, 5.41) is 9.44. The molecule has 0 aliphatic heterocycles. The Hall–Kier alpha value is -2.77. The fraction of sp³-hybridized carbons (Fsp3) is 0.286. The molecule has 0 bridgehead atoms. The van der Waals surface area contributed by atoms with Crippen molar-refractivity contribution in [1.82, 2.24) is 4.98 Å². The van der Waals surface area contributed by atoms with Crippen LogP contribution in [0.15, 0.2) is 60.3 Å². The number of carbonyl (C=O) groups is 1. The van der Waals surface area contributed by atoms with Crippen LogP contribution in [-0.2, 0) is 15.1 Å². The molecule has 1 aliphatic carbocycles. The van der Waals surface area contributed by atoms with E-state index in [9.17, 15) is 10.1 Å². The van der Waals surface area contributed by atoms with Crippen LogP contribution in [0.3, 0.4) is 0 Å². The molecule has 3 rings (SSSR count). The second kappa shape index (κ2) is 6.27. The maximum absolute atomic E-state index is 12.5. The van der Waals surface area contributed by atoms with Gasteiger partial charge in [0.05, 0.1) is 11.3 Å². The molecule has 25 heavy (non-hydrogen) atoms. The number of Topliss-reactive ketones (excluding diaryl/α,β-unsaturated/α-hetero) is 1. The zero-order valence-electron chi connectivity index (χ0n) is 14.6. The van der Waals surface area contributed by atoms with Crippen LogP contribution in [0.1, 0.15) is 26.0 Å². The van der Waals surface area contributed by atoms with Crippen molar-refractivity contribution in [2.24, 2.45) is 5.41 Å². The fourth-order valence-electron chi connectivity index (χ4n) is 3.51. The zero-order chi connectivity index (χ0) is 18.1. The van der Waals surface area contributed by atoms with Gasteiger partial charge in [0.25, 0.3) is 0 Å². The molecule has 1 unspecified atom stereocenters. The predicted molar refractivity (Wildman–Crippen MR) is 95.5 cm³/mol. The molecule has 2 aromatic rings. The van der Waals surface area contributed by atoms with Crippen molar-refractivity contribution in [2.75, 3.05) is 7.11 Å². The van der Waals surface area contributed by atoms with E-state index in [0.717, 1.165) is 16.8 Å². The lowest BCUT2D eigenvalue weighted by Crippen LogP contribution is -2.42. The molecule has 1 aromatic carbocycles. The molecule has 0 radical (unpaired) electrons. The highest BCUT2D eigenvalue weighted by atomic mass is 16.5. The van der Waals surface area contributed by atoms with Crippen molar-refractivity contribution in [3.63, 3.8) is 0 Å². The quantitative estimate of drug-likeness (QED) is 0.851. The van der Waals surface area contributed by atoms with Crippen LogP contribution in [0.2, 0.25) is 0 Å². The van der Waals surface area contributed by atoms with Crippen LogP contribution in [0.4, 0.5) is 0 Å². The van der Waals surface area contributed by atoms with Crippen molar-refractivity contribution in [3.05, 3.63) is 66.0 Å². The smallest absolute Gasteiger partial charge is 0.178 e. The second-order valence-electron chi connectivity index (χ2n) is 6.92. The van der Waals surface area contributed by atoms with Gasteiger partial charge >= 0.3 is 0 Å². The summed E-state index contributed by atoms with van der Waals surface area (Å²) < 4.78 is 5.90. The van der Waals surface area contributed by atoms with Crippen LogP contribution in [-0.4, -0.2) is 17.9 Å². The number of carbonyl (C=O) groups excluding carboxylic acids is 1. The Morgan fingerprint density at radius 3 is 2.52 bits per heavy atom. The summed E-state index contributed by atoms with van der Waals surface area (Å²) in [6, 6.07) is 15.8. The number of ketones is 1. The first-order chi connectivity index (χ1) is 11.9. The molecule has 1 aromatic heterocycles. The van der Waals surface area contributed by atoms with Gasteiger partial charge in [-0.2, -0.15) is 5.26 Å². The number of aromatic nitrogens is 1. The number of methoxy groups -OCH3 is 1. The average molecular weight is 332 g/mol. The van der Waals surface area contributed by atoms with Gasteiger partial charge in [-0.05, 0) is 24.1 Å². The summed E-state index contributed by atoms with van der Waals surface area (Å²) in [6.45, 7) is 3.69. The zero-order valence-corrected chi connectivity index (χ0v) is 14.6.